The summed E-state index contributed by atoms with van der Waals surface area (Å²) in [5.74, 6) is 0.726. The van der Waals surface area contributed by atoms with Gasteiger partial charge in [-0.3, -0.25) is 0 Å². The lowest BCUT2D eigenvalue weighted by molar-refractivity contribution is 0.0168. The Labute approximate surface area is 230 Å². The van der Waals surface area contributed by atoms with Crippen LogP contribution in [0, 0.1) is 0 Å². The van der Waals surface area contributed by atoms with Gasteiger partial charge in [0, 0.05) is 43.8 Å². The highest BCUT2D eigenvalue weighted by atomic mass is 16.6. The zero-order valence-electron chi connectivity index (χ0n) is 24.0. The van der Waals surface area contributed by atoms with Crippen LogP contribution < -0.4 is 11.1 Å². The molecule has 4 rings (SSSR count). The summed E-state index contributed by atoms with van der Waals surface area (Å²) in [6, 6.07) is 5.28. The van der Waals surface area contributed by atoms with Crippen LogP contribution in [0.1, 0.15) is 79.0 Å². The number of fused-ring (bicyclic) bond motifs is 1. The van der Waals surface area contributed by atoms with Gasteiger partial charge < -0.3 is 30.3 Å². The Balaban J connectivity index is 1.35. The van der Waals surface area contributed by atoms with Crippen LogP contribution >= 0.6 is 0 Å². The van der Waals surface area contributed by atoms with E-state index in [-0.39, 0.29) is 24.1 Å². The Morgan fingerprint density at radius 3 is 2.03 bits per heavy atom. The highest BCUT2D eigenvalue weighted by Gasteiger charge is 2.33. The van der Waals surface area contributed by atoms with Crippen molar-refractivity contribution in [3.63, 3.8) is 0 Å². The van der Waals surface area contributed by atoms with Crippen LogP contribution in [-0.4, -0.2) is 81.0 Å². The minimum Gasteiger partial charge on any atom is -0.444 e. The molecule has 0 bridgehead atoms. The SMILES string of the molecule is CC(C)(C)OC(=O)N1CCN(C(=O)NC2CCC(c3nc4ccc(N)cc4n3C(=O)OC(C)(C)C)CC2)CC1. The molecule has 1 aromatic carbocycles. The molecule has 11 nitrogen and oxygen atoms in total. The number of nitrogens with two attached hydrogens (primary N) is 1. The maximum absolute atomic E-state index is 13.2. The number of carbonyl (C=O) groups is 3. The fraction of sp³-hybridized carbons (Fsp3) is 0.643. The second-order valence-corrected chi connectivity index (χ2v) is 12.5. The Bertz CT molecular complexity index is 1210. The molecule has 2 fully saturated rings. The van der Waals surface area contributed by atoms with Gasteiger partial charge in [-0.1, -0.05) is 0 Å². The molecule has 0 unspecified atom stereocenters. The fourth-order valence-corrected chi connectivity index (χ4v) is 5.06. The minimum absolute atomic E-state index is 0.0348. The number of carbonyl (C=O) groups excluding carboxylic acids is 3. The van der Waals surface area contributed by atoms with Gasteiger partial charge in [-0.15, -0.1) is 0 Å². The van der Waals surface area contributed by atoms with Gasteiger partial charge in [0.2, 0.25) is 0 Å². The monoisotopic (exact) mass is 542 g/mol. The molecular formula is C28H42N6O5. The van der Waals surface area contributed by atoms with E-state index in [2.05, 4.69) is 5.32 Å². The first-order valence-corrected chi connectivity index (χ1v) is 13.7. The number of nitrogen functional groups attached to an aromatic ring is 1. The van der Waals surface area contributed by atoms with Crippen molar-refractivity contribution in [2.45, 2.75) is 90.4 Å². The predicted octanol–water partition coefficient (Wildman–Crippen LogP) is 4.69. The molecule has 0 radical (unpaired) electrons. The van der Waals surface area contributed by atoms with Crippen molar-refractivity contribution in [1.82, 2.24) is 24.7 Å². The van der Waals surface area contributed by atoms with E-state index in [1.54, 1.807) is 26.5 Å². The van der Waals surface area contributed by atoms with Crippen molar-refractivity contribution in [3.8, 4) is 0 Å². The summed E-state index contributed by atoms with van der Waals surface area (Å²) in [6.07, 6.45) is 2.28. The molecule has 2 heterocycles. The normalized spacial score (nSPS) is 20.6. The second-order valence-electron chi connectivity index (χ2n) is 12.5. The molecule has 3 amide bonds. The third kappa shape index (κ3) is 7.13. The Hall–Kier alpha value is -3.50. The molecular weight excluding hydrogens is 500 g/mol. The van der Waals surface area contributed by atoms with Crippen LogP contribution in [-0.2, 0) is 9.47 Å². The van der Waals surface area contributed by atoms with E-state index in [1.165, 1.54) is 0 Å². The molecule has 2 aliphatic rings. The molecule has 1 aliphatic carbocycles. The summed E-state index contributed by atoms with van der Waals surface area (Å²) in [6.45, 7) is 12.8. The van der Waals surface area contributed by atoms with Gasteiger partial charge in [0.15, 0.2) is 0 Å². The summed E-state index contributed by atoms with van der Waals surface area (Å²) in [4.78, 5) is 46.6. The van der Waals surface area contributed by atoms with Crippen LogP contribution in [0.15, 0.2) is 18.2 Å². The number of hydrogen-bond donors (Lipinski definition) is 2. The molecule has 39 heavy (non-hydrogen) atoms. The van der Waals surface area contributed by atoms with Gasteiger partial charge in [-0.25, -0.2) is 23.9 Å². The zero-order valence-corrected chi connectivity index (χ0v) is 24.0. The molecule has 3 N–H and O–H groups in total. The summed E-state index contributed by atoms with van der Waals surface area (Å²) >= 11 is 0. The van der Waals surface area contributed by atoms with Crippen LogP contribution in [0.5, 0.6) is 0 Å². The van der Waals surface area contributed by atoms with E-state index in [9.17, 15) is 14.4 Å². The molecule has 11 heteroatoms. The number of ether oxygens (including phenoxy) is 2. The van der Waals surface area contributed by atoms with Crippen molar-refractivity contribution in [1.29, 1.82) is 0 Å². The molecule has 0 spiro atoms. The first kappa shape index (κ1) is 28.5. The molecule has 2 aromatic rings. The largest absolute Gasteiger partial charge is 0.444 e. The van der Waals surface area contributed by atoms with Gasteiger partial charge in [0.1, 0.15) is 17.0 Å². The maximum Gasteiger partial charge on any atom is 0.420 e. The zero-order chi connectivity index (χ0) is 28.5. The Morgan fingerprint density at radius 2 is 1.44 bits per heavy atom. The maximum atomic E-state index is 13.2. The van der Waals surface area contributed by atoms with Crippen LogP contribution in [0.3, 0.4) is 0 Å². The van der Waals surface area contributed by atoms with E-state index in [0.717, 1.165) is 25.7 Å². The van der Waals surface area contributed by atoms with Gasteiger partial charge in [0.25, 0.3) is 0 Å². The van der Waals surface area contributed by atoms with E-state index >= 15 is 0 Å². The van der Waals surface area contributed by atoms with Crippen LogP contribution in [0.25, 0.3) is 11.0 Å². The second kappa shape index (κ2) is 10.9. The molecule has 1 aliphatic heterocycles. The number of amides is 3. The lowest BCUT2D eigenvalue weighted by Gasteiger charge is -2.37. The number of hydrogen-bond acceptors (Lipinski definition) is 7. The van der Waals surface area contributed by atoms with E-state index in [1.807, 2.05) is 47.6 Å². The third-order valence-corrected chi connectivity index (χ3v) is 6.92. The van der Waals surface area contributed by atoms with E-state index < -0.39 is 17.3 Å². The molecule has 0 atom stereocenters. The number of piperazine rings is 1. The van der Waals surface area contributed by atoms with Crippen LogP contribution in [0.4, 0.5) is 20.1 Å². The predicted molar refractivity (Wildman–Crippen MR) is 149 cm³/mol. The molecule has 214 valence electrons. The summed E-state index contributed by atoms with van der Waals surface area (Å²) in [5, 5.41) is 3.16. The summed E-state index contributed by atoms with van der Waals surface area (Å²) < 4.78 is 12.7. The number of nitrogens with one attached hydrogen (secondary N) is 1. The number of rotatable bonds is 2. The number of anilines is 1. The fourth-order valence-electron chi connectivity index (χ4n) is 5.06. The van der Waals surface area contributed by atoms with Crippen LogP contribution in [0.2, 0.25) is 0 Å². The highest BCUT2D eigenvalue weighted by Crippen LogP contribution is 2.35. The van der Waals surface area contributed by atoms with Crippen molar-refractivity contribution in [2.75, 3.05) is 31.9 Å². The van der Waals surface area contributed by atoms with Crippen molar-refractivity contribution in [3.05, 3.63) is 24.0 Å². The summed E-state index contributed by atoms with van der Waals surface area (Å²) in [5.41, 5.74) is 6.72. The number of nitrogens with zero attached hydrogens (tertiary/aromatic N) is 4. The van der Waals surface area contributed by atoms with E-state index in [0.29, 0.717) is 48.7 Å². The number of aromatic nitrogens is 2. The summed E-state index contributed by atoms with van der Waals surface area (Å²) in [7, 11) is 0. The van der Waals surface area contributed by atoms with Crippen molar-refractivity contribution < 1.29 is 23.9 Å². The van der Waals surface area contributed by atoms with Gasteiger partial charge in [-0.2, -0.15) is 0 Å². The van der Waals surface area contributed by atoms with Crippen molar-refractivity contribution in [2.24, 2.45) is 0 Å². The molecule has 1 saturated carbocycles. The van der Waals surface area contributed by atoms with Gasteiger partial charge in [-0.05, 0) is 85.4 Å². The Morgan fingerprint density at radius 1 is 0.872 bits per heavy atom. The lowest BCUT2D eigenvalue weighted by Crippen LogP contribution is -2.55. The molecule has 1 saturated heterocycles. The van der Waals surface area contributed by atoms with Crippen molar-refractivity contribution >= 4 is 34.9 Å². The Kier molecular flexibility index (Phi) is 7.99. The third-order valence-electron chi connectivity index (χ3n) is 6.92. The molecule has 1 aromatic heterocycles. The first-order valence-electron chi connectivity index (χ1n) is 13.7. The number of imidazole rings is 1. The smallest absolute Gasteiger partial charge is 0.420 e. The van der Waals surface area contributed by atoms with Gasteiger partial charge in [0.05, 0.1) is 11.0 Å². The average Bonchev–Trinajstić information content (AvgIpc) is 3.21. The number of urea groups is 1. The minimum atomic E-state index is -0.647. The standard InChI is InChI=1S/C28H42N6O5/c1-27(2,3)38-25(36)33-15-13-32(14-16-33)24(35)30-20-10-7-18(8-11-20)23-31-21-12-9-19(29)17-22(21)34(23)26(37)39-28(4,5)6/h9,12,17-18,20H,7-8,10-11,13-16,29H2,1-6H3,(H,30,35). The highest BCUT2D eigenvalue weighted by molar-refractivity contribution is 5.89. The lowest BCUT2D eigenvalue weighted by atomic mass is 9.85. The first-order chi connectivity index (χ1) is 18.2. The van der Waals surface area contributed by atoms with E-state index in [4.69, 9.17) is 20.2 Å². The topological polar surface area (TPSA) is 132 Å². The average molecular weight is 543 g/mol. The van der Waals surface area contributed by atoms with Gasteiger partial charge >= 0.3 is 18.2 Å². The quantitative estimate of drug-likeness (QED) is 0.526. The number of benzene rings is 1.